The van der Waals surface area contributed by atoms with Gasteiger partial charge < -0.3 is 0 Å². The third kappa shape index (κ3) is 1.65. The molecule has 1 aliphatic rings. The van der Waals surface area contributed by atoms with Crippen molar-refractivity contribution in [1.82, 2.24) is 4.31 Å². The topological polar surface area (TPSA) is 37.4 Å². The highest BCUT2D eigenvalue weighted by molar-refractivity contribution is 7.90. The summed E-state index contributed by atoms with van der Waals surface area (Å²) in [7, 11) is -1.79. The van der Waals surface area contributed by atoms with E-state index >= 15 is 0 Å². The van der Waals surface area contributed by atoms with Crippen molar-refractivity contribution < 1.29 is 8.42 Å². The number of nitrogens with zero attached hydrogens (tertiary/aromatic N) is 1. The van der Waals surface area contributed by atoms with E-state index in [0.717, 1.165) is 0 Å². The molecule has 0 spiro atoms. The molecule has 0 fully saturated rings. The smallest absolute Gasteiger partial charge is 0.264 e. The lowest BCUT2D eigenvalue weighted by Gasteiger charge is -2.09. The van der Waals surface area contributed by atoms with Crippen LogP contribution in [0.15, 0.2) is 35.7 Å². The Kier molecular flexibility index (Phi) is 3.19. The summed E-state index contributed by atoms with van der Waals surface area (Å²) in [6, 6.07) is 6.87. The monoisotopic (exact) mass is 225 g/mol. The van der Waals surface area contributed by atoms with Gasteiger partial charge in [-0.3, -0.25) is 4.31 Å². The number of hydrogen-bond acceptors (Lipinski definition) is 2. The van der Waals surface area contributed by atoms with Crippen LogP contribution in [0.2, 0.25) is 0 Å². The molecule has 0 amide bonds. The van der Waals surface area contributed by atoms with Gasteiger partial charge in [0.2, 0.25) is 0 Å². The van der Waals surface area contributed by atoms with E-state index in [-0.39, 0.29) is 0 Å². The average molecular weight is 225 g/mol. The van der Waals surface area contributed by atoms with Gasteiger partial charge in [-0.1, -0.05) is 38.6 Å². The minimum atomic E-state index is -3.30. The Morgan fingerprint density at radius 2 is 1.73 bits per heavy atom. The molecule has 1 aliphatic heterocycles. The van der Waals surface area contributed by atoms with E-state index in [1.165, 1.54) is 11.4 Å². The van der Waals surface area contributed by atoms with Crippen molar-refractivity contribution in [3.63, 3.8) is 0 Å². The molecule has 4 heteroatoms. The van der Waals surface area contributed by atoms with Crippen LogP contribution in [0, 0.1) is 0 Å². The predicted molar refractivity (Wildman–Crippen MR) is 61.8 cm³/mol. The lowest BCUT2D eigenvalue weighted by Crippen LogP contribution is -2.17. The van der Waals surface area contributed by atoms with Gasteiger partial charge in [0.05, 0.1) is 10.6 Å². The first-order chi connectivity index (χ1) is 7.05. The van der Waals surface area contributed by atoms with E-state index < -0.39 is 10.0 Å². The molecule has 0 unspecified atom stereocenters. The Labute approximate surface area is 91.1 Å². The number of rotatable bonds is 0. The second-order valence-electron chi connectivity index (χ2n) is 2.92. The highest BCUT2D eigenvalue weighted by Gasteiger charge is 2.33. The van der Waals surface area contributed by atoms with Crippen molar-refractivity contribution in [2.24, 2.45) is 0 Å². The molecule has 2 rings (SSSR count). The zero-order chi connectivity index (χ0) is 11.6. The van der Waals surface area contributed by atoms with E-state index in [4.69, 9.17) is 0 Å². The van der Waals surface area contributed by atoms with Gasteiger partial charge in [0, 0.05) is 12.6 Å². The molecular formula is C11H15NO2S. The van der Waals surface area contributed by atoms with Crippen LogP contribution in [0.25, 0.3) is 5.70 Å². The summed E-state index contributed by atoms with van der Waals surface area (Å²) in [5, 5.41) is 0. The van der Waals surface area contributed by atoms with Crippen LogP contribution in [0.4, 0.5) is 0 Å². The minimum Gasteiger partial charge on any atom is -0.269 e. The molecule has 15 heavy (non-hydrogen) atoms. The largest absolute Gasteiger partial charge is 0.269 e. The molecule has 0 saturated carbocycles. The Morgan fingerprint density at radius 1 is 1.20 bits per heavy atom. The Hall–Kier alpha value is -1.29. The zero-order valence-corrected chi connectivity index (χ0v) is 10.0. The van der Waals surface area contributed by atoms with E-state index in [9.17, 15) is 8.42 Å². The summed E-state index contributed by atoms with van der Waals surface area (Å²) in [6.07, 6.45) is 0. The first-order valence-electron chi connectivity index (χ1n) is 4.82. The van der Waals surface area contributed by atoms with E-state index in [2.05, 4.69) is 6.58 Å². The molecule has 1 heterocycles. The molecule has 3 nitrogen and oxygen atoms in total. The van der Waals surface area contributed by atoms with Crippen molar-refractivity contribution in [2.75, 3.05) is 7.05 Å². The van der Waals surface area contributed by atoms with Crippen molar-refractivity contribution in [1.29, 1.82) is 0 Å². The number of sulfonamides is 1. The lowest BCUT2D eigenvalue weighted by atomic mass is 10.2. The van der Waals surface area contributed by atoms with Gasteiger partial charge in [-0.15, -0.1) is 0 Å². The van der Waals surface area contributed by atoms with Crippen LogP contribution in [0.1, 0.15) is 19.4 Å². The summed E-state index contributed by atoms with van der Waals surface area (Å²) in [4.78, 5) is 0.350. The highest BCUT2D eigenvalue weighted by atomic mass is 32.2. The maximum Gasteiger partial charge on any atom is 0.264 e. The van der Waals surface area contributed by atoms with Crippen LogP contribution in [0.3, 0.4) is 0 Å². The van der Waals surface area contributed by atoms with E-state index in [0.29, 0.717) is 16.2 Å². The molecular weight excluding hydrogens is 210 g/mol. The van der Waals surface area contributed by atoms with Crippen LogP contribution in [-0.4, -0.2) is 19.8 Å². The molecule has 82 valence electrons. The SMILES string of the molecule is C=C1c2ccccc2S(=O)(=O)N1C.CC. The molecule has 0 N–H and O–H groups in total. The molecule has 1 aromatic carbocycles. The number of hydrogen-bond donors (Lipinski definition) is 0. The van der Waals surface area contributed by atoms with Crippen molar-refractivity contribution in [2.45, 2.75) is 18.7 Å². The minimum absolute atomic E-state index is 0.350. The second-order valence-corrected chi connectivity index (χ2v) is 4.85. The summed E-state index contributed by atoms with van der Waals surface area (Å²) in [5.41, 5.74) is 1.24. The highest BCUT2D eigenvalue weighted by Crippen LogP contribution is 2.35. The summed E-state index contributed by atoms with van der Waals surface area (Å²) >= 11 is 0. The normalized spacial score (nSPS) is 16.7. The fourth-order valence-corrected chi connectivity index (χ4v) is 2.79. The van der Waals surface area contributed by atoms with Crippen LogP contribution in [0.5, 0.6) is 0 Å². The van der Waals surface area contributed by atoms with Gasteiger partial charge in [-0.25, -0.2) is 8.42 Å². The van der Waals surface area contributed by atoms with Crippen LogP contribution in [-0.2, 0) is 10.0 Å². The third-order valence-electron chi connectivity index (χ3n) is 2.22. The maximum absolute atomic E-state index is 11.7. The molecule has 0 atom stereocenters. The molecule has 0 aromatic heterocycles. The van der Waals surface area contributed by atoms with Crippen molar-refractivity contribution in [3.05, 3.63) is 36.4 Å². The van der Waals surface area contributed by atoms with Crippen molar-refractivity contribution >= 4 is 15.7 Å². The summed E-state index contributed by atoms with van der Waals surface area (Å²) in [5.74, 6) is 0. The Morgan fingerprint density at radius 3 is 2.27 bits per heavy atom. The first-order valence-corrected chi connectivity index (χ1v) is 6.26. The summed E-state index contributed by atoms with van der Waals surface area (Å²) < 4.78 is 24.5. The van der Waals surface area contributed by atoms with E-state index in [1.54, 1.807) is 24.3 Å². The molecule has 0 aliphatic carbocycles. The fraction of sp³-hybridized carbons (Fsp3) is 0.273. The van der Waals surface area contributed by atoms with Crippen molar-refractivity contribution in [3.8, 4) is 0 Å². The first kappa shape index (κ1) is 11.8. The van der Waals surface area contributed by atoms with Gasteiger partial charge in [0.15, 0.2) is 0 Å². The Balaban J connectivity index is 0.000000531. The second kappa shape index (κ2) is 4.06. The van der Waals surface area contributed by atoms with Gasteiger partial charge in [0.1, 0.15) is 0 Å². The predicted octanol–water partition coefficient (Wildman–Crippen LogP) is 2.32. The van der Waals surface area contributed by atoms with Gasteiger partial charge in [-0.05, 0) is 6.07 Å². The molecule has 1 aromatic rings. The summed E-state index contributed by atoms with van der Waals surface area (Å²) in [6.45, 7) is 7.72. The standard InChI is InChI=1S/C9H9NO2S.C2H6/c1-7-8-5-3-4-6-9(8)13(11,12)10(7)2;1-2/h3-6H,1H2,2H3;1-2H3. The quantitative estimate of drug-likeness (QED) is 0.679. The Bertz CT molecular complexity index is 477. The van der Waals surface area contributed by atoms with Crippen LogP contribution < -0.4 is 0 Å². The average Bonchev–Trinajstić information content (AvgIpc) is 2.45. The third-order valence-corrected chi connectivity index (χ3v) is 4.07. The number of fused-ring (bicyclic) bond motifs is 1. The molecule has 0 bridgehead atoms. The molecule has 0 radical (unpaired) electrons. The van der Waals surface area contributed by atoms with Gasteiger partial charge in [0.25, 0.3) is 10.0 Å². The fourth-order valence-electron chi connectivity index (χ4n) is 1.39. The number of benzene rings is 1. The van der Waals surface area contributed by atoms with Gasteiger partial charge >= 0.3 is 0 Å². The van der Waals surface area contributed by atoms with Crippen LogP contribution >= 0.6 is 0 Å². The van der Waals surface area contributed by atoms with Gasteiger partial charge in [-0.2, -0.15) is 0 Å². The van der Waals surface area contributed by atoms with E-state index in [1.807, 2.05) is 13.8 Å². The lowest BCUT2D eigenvalue weighted by molar-refractivity contribution is 0.555. The molecule has 0 saturated heterocycles. The zero-order valence-electron chi connectivity index (χ0n) is 9.19. The maximum atomic E-state index is 11.7.